The highest BCUT2D eigenvalue weighted by molar-refractivity contribution is 5.97. The number of amides is 1. The molecule has 1 fully saturated rings. The van der Waals surface area contributed by atoms with Crippen molar-refractivity contribution in [3.8, 4) is 0 Å². The van der Waals surface area contributed by atoms with Gasteiger partial charge in [-0.2, -0.15) is 0 Å². The van der Waals surface area contributed by atoms with E-state index in [1.54, 1.807) is 6.34 Å². The van der Waals surface area contributed by atoms with Crippen LogP contribution in [0.2, 0.25) is 0 Å². The first-order valence-electron chi connectivity index (χ1n) is 6.60. The molecule has 0 aromatic rings. The predicted octanol–water partition coefficient (Wildman–Crippen LogP) is 0.615. The van der Waals surface area contributed by atoms with Crippen LogP contribution in [-0.2, 0) is 9.53 Å². The Hall–Kier alpha value is -1.88. The van der Waals surface area contributed by atoms with Gasteiger partial charge in [0, 0.05) is 31.0 Å². The Bertz CT molecular complexity index is 483. The van der Waals surface area contributed by atoms with Crippen LogP contribution in [0.25, 0.3) is 0 Å². The van der Waals surface area contributed by atoms with Crippen molar-refractivity contribution >= 4 is 12.2 Å². The molecule has 0 bridgehead atoms. The van der Waals surface area contributed by atoms with Crippen molar-refractivity contribution < 1.29 is 9.53 Å². The van der Waals surface area contributed by atoms with Crippen molar-refractivity contribution in [3.05, 3.63) is 35.6 Å². The quantitative estimate of drug-likeness (QED) is 0.751. The molecule has 1 amide bonds. The predicted molar refractivity (Wildman–Crippen MR) is 72.7 cm³/mol. The number of allylic oxidation sites excluding steroid dienone is 2. The fourth-order valence-corrected chi connectivity index (χ4v) is 2.38. The molecule has 3 aliphatic rings. The van der Waals surface area contributed by atoms with Crippen LogP contribution in [0, 0.1) is 0 Å². The van der Waals surface area contributed by atoms with E-state index in [0.29, 0.717) is 18.7 Å². The molecule has 3 rings (SSSR count). The van der Waals surface area contributed by atoms with Crippen LogP contribution >= 0.6 is 0 Å². The standard InChI is InChI=1S/C14H17N3O2/c18-14(17-5-2-7-19-8-6-17)11-3-1-4-12-13(9-11)16-10-15-12/h1,3-4,9-10,12H,2,5-8H2,(H,15,16). The number of ether oxygens (including phenoxy) is 1. The number of fused-ring (bicyclic) bond motifs is 1. The highest BCUT2D eigenvalue weighted by atomic mass is 16.5. The van der Waals surface area contributed by atoms with E-state index in [0.717, 1.165) is 25.3 Å². The second kappa shape index (κ2) is 5.40. The van der Waals surface area contributed by atoms with Gasteiger partial charge in [-0.05, 0) is 18.6 Å². The Morgan fingerprint density at radius 3 is 3.32 bits per heavy atom. The monoisotopic (exact) mass is 259 g/mol. The number of carbonyl (C=O) groups is 1. The highest BCUT2D eigenvalue weighted by Gasteiger charge is 2.22. The molecule has 5 heteroatoms. The van der Waals surface area contributed by atoms with Gasteiger partial charge in [0.25, 0.3) is 5.91 Å². The zero-order chi connectivity index (χ0) is 13.1. The molecule has 1 N–H and O–H groups in total. The molecule has 1 atom stereocenters. The molecule has 2 aliphatic heterocycles. The Labute approximate surface area is 112 Å². The number of nitrogens with zero attached hydrogens (tertiary/aromatic N) is 2. The van der Waals surface area contributed by atoms with E-state index in [1.807, 2.05) is 29.2 Å². The summed E-state index contributed by atoms with van der Waals surface area (Å²) in [6.07, 6.45) is 10.2. The first kappa shape index (κ1) is 12.2. The summed E-state index contributed by atoms with van der Waals surface area (Å²) in [7, 11) is 0. The van der Waals surface area contributed by atoms with Crippen molar-refractivity contribution in [2.75, 3.05) is 26.3 Å². The molecule has 0 radical (unpaired) electrons. The zero-order valence-electron chi connectivity index (χ0n) is 10.7. The van der Waals surface area contributed by atoms with Gasteiger partial charge in [0.2, 0.25) is 0 Å². The van der Waals surface area contributed by atoms with Crippen LogP contribution in [0.1, 0.15) is 6.42 Å². The van der Waals surface area contributed by atoms with Crippen LogP contribution in [0.15, 0.2) is 40.6 Å². The number of hydrogen-bond acceptors (Lipinski definition) is 4. The molecule has 1 unspecified atom stereocenters. The summed E-state index contributed by atoms with van der Waals surface area (Å²) in [4.78, 5) is 18.6. The second-order valence-electron chi connectivity index (χ2n) is 4.73. The van der Waals surface area contributed by atoms with Crippen LogP contribution < -0.4 is 5.32 Å². The summed E-state index contributed by atoms with van der Waals surface area (Å²) in [5.41, 5.74) is 1.66. The lowest BCUT2D eigenvalue weighted by atomic mass is 10.1. The fourth-order valence-electron chi connectivity index (χ4n) is 2.38. The Morgan fingerprint density at radius 1 is 1.42 bits per heavy atom. The van der Waals surface area contributed by atoms with Crippen molar-refractivity contribution in [3.63, 3.8) is 0 Å². The van der Waals surface area contributed by atoms with Gasteiger partial charge < -0.3 is 15.0 Å². The SMILES string of the molecule is O=C(C1=CC=CC2N=CNC2=C1)N1CCCOCC1. The minimum atomic E-state index is 0.0222. The van der Waals surface area contributed by atoms with E-state index in [-0.39, 0.29) is 11.9 Å². The Morgan fingerprint density at radius 2 is 2.37 bits per heavy atom. The smallest absolute Gasteiger partial charge is 0.253 e. The van der Waals surface area contributed by atoms with Crippen molar-refractivity contribution in [1.82, 2.24) is 10.2 Å². The van der Waals surface area contributed by atoms with Gasteiger partial charge in [0.1, 0.15) is 6.04 Å². The summed E-state index contributed by atoms with van der Waals surface area (Å²) in [5, 5.41) is 3.08. The van der Waals surface area contributed by atoms with Crippen molar-refractivity contribution in [2.24, 2.45) is 4.99 Å². The first-order valence-corrected chi connectivity index (χ1v) is 6.60. The van der Waals surface area contributed by atoms with Gasteiger partial charge in [-0.3, -0.25) is 9.79 Å². The van der Waals surface area contributed by atoms with Gasteiger partial charge >= 0.3 is 0 Å². The summed E-state index contributed by atoms with van der Waals surface area (Å²) < 4.78 is 5.38. The summed E-state index contributed by atoms with van der Waals surface area (Å²) in [6.45, 7) is 2.78. The molecule has 2 heterocycles. The van der Waals surface area contributed by atoms with Gasteiger partial charge in [-0.25, -0.2) is 0 Å². The normalized spacial score (nSPS) is 25.9. The van der Waals surface area contributed by atoms with Crippen LogP contribution in [0.5, 0.6) is 0 Å². The zero-order valence-corrected chi connectivity index (χ0v) is 10.7. The van der Waals surface area contributed by atoms with Gasteiger partial charge in [0.05, 0.1) is 12.9 Å². The summed E-state index contributed by atoms with van der Waals surface area (Å²) in [5.74, 6) is 0.0667. The first-order chi connectivity index (χ1) is 9.34. The molecule has 1 aliphatic carbocycles. The van der Waals surface area contributed by atoms with E-state index in [9.17, 15) is 4.79 Å². The summed E-state index contributed by atoms with van der Waals surface area (Å²) >= 11 is 0. The van der Waals surface area contributed by atoms with E-state index in [2.05, 4.69) is 10.3 Å². The molecule has 19 heavy (non-hydrogen) atoms. The second-order valence-corrected chi connectivity index (χ2v) is 4.73. The molecule has 5 nitrogen and oxygen atoms in total. The number of carbonyl (C=O) groups excluding carboxylic acids is 1. The van der Waals surface area contributed by atoms with Crippen molar-refractivity contribution in [1.29, 1.82) is 0 Å². The Balaban J connectivity index is 1.77. The lowest BCUT2D eigenvalue weighted by Gasteiger charge is -2.20. The minimum Gasteiger partial charge on any atom is -0.380 e. The van der Waals surface area contributed by atoms with E-state index < -0.39 is 0 Å². The molecule has 1 saturated heterocycles. The molecular formula is C14H17N3O2. The van der Waals surface area contributed by atoms with Crippen LogP contribution in [0.3, 0.4) is 0 Å². The molecule has 100 valence electrons. The molecule has 0 saturated carbocycles. The van der Waals surface area contributed by atoms with Gasteiger partial charge in [-0.1, -0.05) is 12.2 Å². The molecular weight excluding hydrogens is 242 g/mol. The van der Waals surface area contributed by atoms with Gasteiger partial charge in [0.15, 0.2) is 0 Å². The van der Waals surface area contributed by atoms with Crippen molar-refractivity contribution in [2.45, 2.75) is 12.5 Å². The Kier molecular flexibility index (Phi) is 3.46. The topological polar surface area (TPSA) is 53.9 Å². The maximum absolute atomic E-state index is 12.5. The maximum Gasteiger partial charge on any atom is 0.253 e. The lowest BCUT2D eigenvalue weighted by molar-refractivity contribution is -0.126. The fraction of sp³-hybridized carbons (Fsp3) is 0.429. The number of hydrogen-bond donors (Lipinski definition) is 1. The van der Waals surface area contributed by atoms with Crippen LogP contribution in [0.4, 0.5) is 0 Å². The third-order valence-electron chi connectivity index (χ3n) is 3.42. The van der Waals surface area contributed by atoms with E-state index in [1.165, 1.54) is 0 Å². The molecule has 0 spiro atoms. The highest BCUT2D eigenvalue weighted by Crippen LogP contribution is 2.18. The maximum atomic E-state index is 12.5. The number of aliphatic imine (C=N–C) groups is 1. The number of nitrogens with one attached hydrogen (secondary N) is 1. The third-order valence-corrected chi connectivity index (χ3v) is 3.42. The minimum absolute atomic E-state index is 0.0222. The molecule has 0 aromatic carbocycles. The lowest BCUT2D eigenvalue weighted by Crippen LogP contribution is -2.34. The van der Waals surface area contributed by atoms with Gasteiger partial charge in [-0.15, -0.1) is 0 Å². The third kappa shape index (κ3) is 2.61. The summed E-state index contributed by atoms with van der Waals surface area (Å²) in [6, 6.07) is 0.0222. The number of rotatable bonds is 1. The van der Waals surface area contributed by atoms with E-state index >= 15 is 0 Å². The average molecular weight is 259 g/mol. The largest absolute Gasteiger partial charge is 0.380 e. The molecule has 0 aromatic heterocycles. The van der Waals surface area contributed by atoms with Crippen LogP contribution in [-0.4, -0.2) is 49.5 Å². The van der Waals surface area contributed by atoms with E-state index in [4.69, 9.17) is 4.74 Å². The average Bonchev–Trinajstić information content (AvgIpc) is 2.66.